The molecule has 30 heavy (non-hydrogen) atoms. The maximum absolute atomic E-state index is 13.8. The van der Waals surface area contributed by atoms with Crippen LogP contribution in [0.4, 0.5) is 10.1 Å². The van der Waals surface area contributed by atoms with E-state index in [0.29, 0.717) is 44.0 Å². The third kappa shape index (κ3) is 4.34. The van der Waals surface area contributed by atoms with E-state index in [1.54, 1.807) is 24.3 Å². The number of carbonyl (C=O) groups is 2. The molecule has 2 aromatic carbocycles. The first kappa shape index (κ1) is 20.8. The number of hydrogen-bond acceptors (Lipinski definition) is 4. The van der Waals surface area contributed by atoms with Crippen LogP contribution in [0.3, 0.4) is 0 Å². The van der Waals surface area contributed by atoms with Crippen molar-refractivity contribution in [2.75, 3.05) is 37.8 Å². The average Bonchev–Trinajstić information content (AvgIpc) is 2.75. The Hall–Kier alpha value is -2.45. The molecule has 2 aromatic rings. The number of amides is 2. The van der Waals surface area contributed by atoms with E-state index in [9.17, 15) is 14.0 Å². The third-order valence-corrected chi connectivity index (χ3v) is 6.17. The summed E-state index contributed by atoms with van der Waals surface area (Å²) in [5.41, 5.74) is 1.02. The number of halogens is 2. The predicted octanol–water partition coefficient (Wildman–Crippen LogP) is 3.18. The first-order valence-electron chi connectivity index (χ1n) is 9.80. The fraction of sp³-hybridized carbons (Fsp3) is 0.364. The number of ether oxygens (including phenoxy) is 2. The van der Waals surface area contributed by atoms with E-state index in [1.165, 1.54) is 17.0 Å². The maximum atomic E-state index is 13.8. The van der Waals surface area contributed by atoms with Gasteiger partial charge >= 0.3 is 0 Å². The molecule has 8 heteroatoms. The SMILES string of the molecule is O=C(CN1C(=O)COc2cc(Br)ccc21)NCC1(c2cccc(F)c2)CCOCC1. The molecular formula is C22H22BrFN2O4. The molecule has 2 amide bonds. The Balaban J connectivity index is 1.48. The Bertz CT molecular complexity index is 962. The summed E-state index contributed by atoms with van der Waals surface area (Å²) < 4.78 is 25.6. The van der Waals surface area contributed by atoms with Crippen LogP contribution in [0.15, 0.2) is 46.9 Å². The predicted molar refractivity (Wildman–Crippen MR) is 113 cm³/mol. The number of hydrogen-bond donors (Lipinski definition) is 1. The molecule has 0 aromatic heterocycles. The van der Waals surface area contributed by atoms with Crippen molar-refractivity contribution in [2.24, 2.45) is 0 Å². The minimum absolute atomic E-state index is 0.105. The zero-order valence-corrected chi connectivity index (χ0v) is 17.9. The summed E-state index contributed by atoms with van der Waals surface area (Å²) in [5.74, 6) is -0.295. The Kier molecular flexibility index (Phi) is 6.06. The Morgan fingerprint density at radius 1 is 1.20 bits per heavy atom. The van der Waals surface area contributed by atoms with Crippen molar-refractivity contribution in [2.45, 2.75) is 18.3 Å². The number of carbonyl (C=O) groups excluding carboxylic acids is 2. The van der Waals surface area contributed by atoms with Crippen LogP contribution in [0.25, 0.3) is 0 Å². The van der Waals surface area contributed by atoms with E-state index in [2.05, 4.69) is 21.2 Å². The first-order chi connectivity index (χ1) is 14.5. The highest BCUT2D eigenvalue weighted by Gasteiger charge is 2.36. The van der Waals surface area contributed by atoms with Crippen LogP contribution in [-0.2, 0) is 19.7 Å². The molecule has 0 unspecified atom stereocenters. The van der Waals surface area contributed by atoms with Gasteiger partial charge in [-0.25, -0.2) is 4.39 Å². The fourth-order valence-electron chi connectivity index (χ4n) is 3.97. The average molecular weight is 477 g/mol. The van der Waals surface area contributed by atoms with E-state index >= 15 is 0 Å². The fourth-order valence-corrected chi connectivity index (χ4v) is 4.31. The molecule has 158 valence electrons. The van der Waals surface area contributed by atoms with Crippen molar-refractivity contribution >= 4 is 33.4 Å². The summed E-state index contributed by atoms with van der Waals surface area (Å²) in [6.07, 6.45) is 1.37. The number of benzene rings is 2. The molecule has 6 nitrogen and oxygen atoms in total. The van der Waals surface area contributed by atoms with Crippen LogP contribution >= 0.6 is 15.9 Å². The van der Waals surface area contributed by atoms with Crippen molar-refractivity contribution in [3.63, 3.8) is 0 Å². The van der Waals surface area contributed by atoms with Gasteiger partial charge in [0.2, 0.25) is 5.91 Å². The molecule has 1 N–H and O–H groups in total. The molecule has 2 aliphatic heterocycles. The zero-order valence-electron chi connectivity index (χ0n) is 16.3. The van der Waals surface area contributed by atoms with Crippen molar-refractivity contribution < 1.29 is 23.5 Å². The summed E-state index contributed by atoms with van der Waals surface area (Å²) in [6.45, 7) is 1.24. The zero-order chi connectivity index (χ0) is 21.1. The topological polar surface area (TPSA) is 67.9 Å². The van der Waals surface area contributed by atoms with Gasteiger partial charge in [0.25, 0.3) is 5.91 Å². The van der Waals surface area contributed by atoms with Crippen LogP contribution in [0, 0.1) is 5.82 Å². The smallest absolute Gasteiger partial charge is 0.265 e. The molecule has 0 saturated carbocycles. The van der Waals surface area contributed by atoms with E-state index in [1.807, 2.05) is 6.07 Å². The lowest BCUT2D eigenvalue weighted by atomic mass is 9.74. The van der Waals surface area contributed by atoms with Crippen LogP contribution in [0.5, 0.6) is 5.75 Å². The van der Waals surface area contributed by atoms with Crippen molar-refractivity contribution in [3.05, 3.63) is 58.3 Å². The van der Waals surface area contributed by atoms with Gasteiger partial charge in [0, 0.05) is 29.6 Å². The monoisotopic (exact) mass is 476 g/mol. The Morgan fingerprint density at radius 3 is 2.77 bits per heavy atom. The van der Waals surface area contributed by atoms with E-state index in [-0.39, 0.29) is 30.8 Å². The molecule has 4 rings (SSSR count). The highest BCUT2D eigenvalue weighted by atomic mass is 79.9. The molecule has 2 heterocycles. The molecule has 0 radical (unpaired) electrons. The van der Waals surface area contributed by atoms with Crippen molar-refractivity contribution in [3.8, 4) is 5.75 Å². The van der Waals surface area contributed by atoms with E-state index < -0.39 is 5.41 Å². The second-order valence-electron chi connectivity index (χ2n) is 7.56. The maximum Gasteiger partial charge on any atom is 0.265 e. The second-order valence-corrected chi connectivity index (χ2v) is 8.48. The number of fused-ring (bicyclic) bond motifs is 1. The van der Waals surface area contributed by atoms with Gasteiger partial charge in [-0.3, -0.25) is 14.5 Å². The molecular weight excluding hydrogens is 455 g/mol. The standard InChI is InChI=1S/C22H22BrFN2O4/c23-16-4-5-18-19(11-16)30-13-21(28)26(18)12-20(27)25-14-22(6-8-29-9-7-22)15-2-1-3-17(24)10-15/h1-5,10-11H,6-9,12-14H2,(H,25,27). The van der Waals surface area contributed by atoms with Crippen LogP contribution < -0.4 is 15.0 Å². The van der Waals surface area contributed by atoms with E-state index in [4.69, 9.17) is 9.47 Å². The molecule has 0 atom stereocenters. The van der Waals surface area contributed by atoms with Crippen molar-refractivity contribution in [1.29, 1.82) is 0 Å². The summed E-state index contributed by atoms with van der Waals surface area (Å²) >= 11 is 3.38. The van der Waals surface area contributed by atoms with Gasteiger partial charge in [-0.05, 0) is 48.7 Å². The molecule has 1 saturated heterocycles. The normalized spacial score (nSPS) is 17.8. The quantitative estimate of drug-likeness (QED) is 0.719. The largest absolute Gasteiger partial charge is 0.482 e. The van der Waals surface area contributed by atoms with Crippen LogP contribution in [0.1, 0.15) is 18.4 Å². The lowest BCUT2D eigenvalue weighted by Crippen LogP contribution is -2.49. The van der Waals surface area contributed by atoms with E-state index in [0.717, 1.165) is 10.0 Å². The Morgan fingerprint density at radius 2 is 2.00 bits per heavy atom. The van der Waals surface area contributed by atoms with Gasteiger partial charge in [-0.1, -0.05) is 28.1 Å². The van der Waals surface area contributed by atoms with Crippen LogP contribution in [0.2, 0.25) is 0 Å². The Labute approximate surface area is 182 Å². The number of rotatable bonds is 5. The first-order valence-corrected chi connectivity index (χ1v) is 10.6. The molecule has 0 spiro atoms. The minimum Gasteiger partial charge on any atom is -0.482 e. The molecule has 0 aliphatic carbocycles. The highest BCUT2D eigenvalue weighted by molar-refractivity contribution is 9.10. The molecule has 1 fully saturated rings. The van der Waals surface area contributed by atoms with Gasteiger partial charge in [0.1, 0.15) is 18.1 Å². The highest BCUT2D eigenvalue weighted by Crippen LogP contribution is 2.36. The van der Waals surface area contributed by atoms with Gasteiger partial charge < -0.3 is 14.8 Å². The minimum atomic E-state index is -0.395. The lowest BCUT2D eigenvalue weighted by molar-refractivity contribution is -0.125. The summed E-state index contributed by atoms with van der Waals surface area (Å²) in [4.78, 5) is 26.5. The summed E-state index contributed by atoms with van der Waals surface area (Å²) in [6, 6.07) is 11.8. The summed E-state index contributed by atoms with van der Waals surface area (Å²) in [7, 11) is 0. The third-order valence-electron chi connectivity index (χ3n) is 5.68. The molecule has 0 bridgehead atoms. The number of nitrogens with one attached hydrogen (secondary N) is 1. The molecule has 2 aliphatic rings. The van der Waals surface area contributed by atoms with Crippen LogP contribution in [-0.4, -0.2) is 44.7 Å². The van der Waals surface area contributed by atoms with Gasteiger partial charge in [-0.15, -0.1) is 0 Å². The lowest BCUT2D eigenvalue weighted by Gasteiger charge is -2.38. The van der Waals surface area contributed by atoms with Gasteiger partial charge in [0.15, 0.2) is 6.61 Å². The van der Waals surface area contributed by atoms with Gasteiger partial charge in [0.05, 0.1) is 5.69 Å². The van der Waals surface area contributed by atoms with Gasteiger partial charge in [-0.2, -0.15) is 0 Å². The van der Waals surface area contributed by atoms with Crippen molar-refractivity contribution in [1.82, 2.24) is 5.32 Å². The number of nitrogens with zero attached hydrogens (tertiary/aromatic N) is 1. The summed E-state index contributed by atoms with van der Waals surface area (Å²) in [5, 5.41) is 2.96. The number of anilines is 1. The second kappa shape index (κ2) is 8.73.